The van der Waals surface area contributed by atoms with Crippen LogP contribution in [0.5, 0.6) is 11.5 Å². The van der Waals surface area contributed by atoms with Gasteiger partial charge in [-0.15, -0.1) is 0 Å². The smallest absolute Gasteiger partial charge is 0.318 e. The molecule has 10 nitrogen and oxygen atoms in total. The number of nitrogens with one attached hydrogen (secondary N) is 1. The Hall–Kier alpha value is -4.60. The van der Waals surface area contributed by atoms with E-state index in [1.54, 1.807) is 54.6 Å². The second kappa shape index (κ2) is 9.06. The minimum atomic E-state index is -0.757. The zero-order chi connectivity index (χ0) is 21.5. The van der Waals surface area contributed by atoms with Gasteiger partial charge >= 0.3 is 5.69 Å². The van der Waals surface area contributed by atoms with E-state index in [1.807, 2.05) is 0 Å². The summed E-state index contributed by atoms with van der Waals surface area (Å²) in [6.45, 7) is 0. The minimum Gasteiger partial charge on any atom is -0.450 e. The Kier molecular flexibility index (Phi) is 6.08. The maximum Gasteiger partial charge on any atom is 0.318 e. The monoisotopic (exact) mass is 406 g/mol. The molecule has 3 rings (SSSR count). The third-order valence-electron chi connectivity index (χ3n) is 3.85. The van der Waals surface area contributed by atoms with Gasteiger partial charge in [0.25, 0.3) is 11.6 Å². The van der Waals surface area contributed by atoms with Gasteiger partial charge in [0.05, 0.1) is 22.1 Å². The Balaban J connectivity index is 1.74. The molecule has 0 aliphatic heterocycles. The first kappa shape index (κ1) is 20.1. The van der Waals surface area contributed by atoms with Crippen LogP contribution in [0, 0.1) is 20.2 Å². The van der Waals surface area contributed by atoms with Gasteiger partial charge in [-0.3, -0.25) is 25.0 Å². The number of non-ortho nitro benzene ring substituents is 1. The Morgan fingerprint density at radius 1 is 0.933 bits per heavy atom. The molecule has 0 heterocycles. The van der Waals surface area contributed by atoms with Crippen molar-refractivity contribution in [3.05, 3.63) is 104 Å². The van der Waals surface area contributed by atoms with Crippen molar-refractivity contribution < 1.29 is 19.4 Å². The molecule has 30 heavy (non-hydrogen) atoms. The lowest BCUT2D eigenvalue weighted by molar-refractivity contribution is -0.394. The number of hydrazone groups is 1. The highest BCUT2D eigenvalue weighted by atomic mass is 16.6. The zero-order valence-electron chi connectivity index (χ0n) is 15.3. The summed E-state index contributed by atoms with van der Waals surface area (Å²) in [6, 6.07) is 18.1. The predicted octanol–water partition coefficient (Wildman–Crippen LogP) is 4.06. The van der Waals surface area contributed by atoms with E-state index in [0.717, 1.165) is 18.2 Å². The molecule has 0 aliphatic rings. The fourth-order valence-corrected chi connectivity index (χ4v) is 2.45. The van der Waals surface area contributed by atoms with Gasteiger partial charge in [0.15, 0.2) is 0 Å². The van der Waals surface area contributed by atoms with Crippen LogP contribution < -0.4 is 10.2 Å². The molecule has 0 unspecified atom stereocenters. The lowest BCUT2D eigenvalue weighted by atomic mass is 10.2. The summed E-state index contributed by atoms with van der Waals surface area (Å²) in [6.07, 6.45) is 1.39. The van der Waals surface area contributed by atoms with Crippen LogP contribution in [-0.2, 0) is 0 Å². The third-order valence-corrected chi connectivity index (χ3v) is 3.85. The molecular weight excluding hydrogens is 392 g/mol. The van der Waals surface area contributed by atoms with Crippen LogP contribution in [0.1, 0.15) is 15.9 Å². The lowest BCUT2D eigenvalue weighted by Gasteiger charge is -2.07. The van der Waals surface area contributed by atoms with Gasteiger partial charge in [-0.1, -0.05) is 30.3 Å². The van der Waals surface area contributed by atoms with E-state index in [0.29, 0.717) is 11.1 Å². The predicted molar refractivity (Wildman–Crippen MR) is 108 cm³/mol. The SMILES string of the molecule is O=C(N/N=C/c1cccc(Oc2ccc([N+](=O)[O-])cc2[N+](=O)[O-])c1)c1ccccc1. The van der Waals surface area contributed by atoms with E-state index >= 15 is 0 Å². The van der Waals surface area contributed by atoms with Crippen LogP contribution in [-0.4, -0.2) is 22.0 Å². The Labute approximate surface area is 169 Å². The standard InChI is InChI=1S/C20H14N4O6/c25-20(15-6-2-1-3-7-15)22-21-13-14-5-4-8-17(11-14)30-19-10-9-16(23(26)27)12-18(19)24(28)29/h1-13H,(H,22,25)/b21-13+. The van der Waals surface area contributed by atoms with Crippen LogP contribution in [0.4, 0.5) is 11.4 Å². The van der Waals surface area contributed by atoms with Gasteiger partial charge in [-0.2, -0.15) is 5.10 Å². The lowest BCUT2D eigenvalue weighted by Crippen LogP contribution is -2.17. The van der Waals surface area contributed by atoms with Crippen LogP contribution in [0.2, 0.25) is 0 Å². The molecule has 3 aromatic rings. The normalized spacial score (nSPS) is 10.5. The molecule has 0 aromatic heterocycles. The minimum absolute atomic E-state index is 0.142. The van der Waals surface area contributed by atoms with Gasteiger partial charge in [-0.25, -0.2) is 5.43 Å². The van der Waals surface area contributed by atoms with Crippen molar-refractivity contribution in [3.8, 4) is 11.5 Å². The molecule has 0 saturated carbocycles. The number of carbonyl (C=O) groups is 1. The van der Waals surface area contributed by atoms with Crippen molar-refractivity contribution in [1.29, 1.82) is 0 Å². The first-order valence-corrected chi connectivity index (χ1v) is 8.53. The Morgan fingerprint density at radius 3 is 2.40 bits per heavy atom. The van der Waals surface area contributed by atoms with Crippen molar-refractivity contribution in [2.24, 2.45) is 5.10 Å². The average Bonchev–Trinajstić information content (AvgIpc) is 2.74. The number of benzene rings is 3. The number of rotatable bonds is 7. The highest BCUT2D eigenvalue weighted by molar-refractivity contribution is 5.94. The fourth-order valence-electron chi connectivity index (χ4n) is 2.45. The number of nitro benzene ring substituents is 2. The van der Waals surface area contributed by atoms with Crippen LogP contribution in [0.3, 0.4) is 0 Å². The van der Waals surface area contributed by atoms with Crippen molar-refractivity contribution in [3.63, 3.8) is 0 Å². The summed E-state index contributed by atoms with van der Waals surface area (Å²) < 4.78 is 5.53. The molecule has 0 aliphatic carbocycles. The molecule has 0 spiro atoms. The highest BCUT2D eigenvalue weighted by Crippen LogP contribution is 2.34. The third kappa shape index (κ3) is 5.01. The van der Waals surface area contributed by atoms with Gasteiger partial charge in [0.1, 0.15) is 5.75 Å². The second-order valence-electron chi connectivity index (χ2n) is 5.91. The van der Waals surface area contributed by atoms with Gasteiger partial charge in [-0.05, 0) is 35.9 Å². The van der Waals surface area contributed by atoms with Crippen LogP contribution in [0.15, 0.2) is 77.9 Å². The summed E-state index contributed by atoms with van der Waals surface area (Å²) >= 11 is 0. The van der Waals surface area contributed by atoms with Gasteiger partial charge in [0, 0.05) is 11.6 Å². The van der Waals surface area contributed by atoms with E-state index < -0.39 is 21.2 Å². The number of carbonyl (C=O) groups excluding carboxylic acids is 1. The van der Waals surface area contributed by atoms with Crippen LogP contribution in [0.25, 0.3) is 0 Å². The molecule has 0 fully saturated rings. The maximum atomic E-state index is 12.0. The number of nitro groups is 2. The molecule has 0 atom stereocenters. The quantitative estimate of drug-likeness (QED) is 0.357. The molecule has 1 amide bonds. The van der Waals surface area contributed by atoms with E-state index in [4.69, 9.17) is 4.74 Å². The van der Waals surface area contributed by atoms with E-state index in [-0.39, 0.29) is 17.4 Å². The summed E-state index contributed by atoms with van der Waals surface area (Å²) in [5, 5.41) is 25.9. The zero-order valence-corrected chi connectivity index (χ0v) is 15.3. The first-order valence-electron chi connectivity index (χ1n) is 8.53. The number of ether oxygens (including phenoxy) is 1. The van der Waals surface area contributed by atoms with E-state index in [9.17, 15) is 25.0 Å². The van der Waals surface area contributed by atoms with Crippen molar-refractivity contribution in [2.75, 3.05) is 0 Å². The van der Waals surface area contributed by atoms with E-state index in [1.165, 1.54) is 6.21 Å². The summed E-state index contributed by atoms with van der Waals surface area (Å²) in [7, 11) is 0. The first-order chi connectivity index (χ1) is 14.4. The second-order valence-corrected chi connectivity index (χ2v) is 5.91. The maximum absolute atomic E-state index is 12.0. The molecule has 0 radical (unpaired) electrons. The molecule has 3 aromatic carbocycles. The van der Waals surface area contributed by atoms with Crippen LogP contribution >= 0.6 is 0 Å². The van der Waals surface area contributed by atoms with Crippen molar-refractivity contribution >= 4 is 23.5 Å². The largest absolute Gasteiger partial charge is 0.450 e. The topological polar surface area (TPSA) is 137 Å². The Morgan fingerprint density at radius 2 is 1.70 bits per heavy atom. The van der Waals surface area contributed by atoms with Gasteiger partial charge in [0.2, 0.25) is 5.75 Å². The Bertz CT molecular complexity index is 1130. The average molecular weight is 406 g/mol. The fraction of sp³-hybridized carbons (Fsp3) is 0. The van der Waals surface area contributed by atoms with Crippen molar-refractivity contribution in [2.45, 2.75) is 0 Å². The number of hydrogen-bond acceptors (Lipinski definition) is 7. The number of hydrogen-bond donors (Lipinski definition) is 1. The molecule has 0 bridgehead atoms. The number of amides is 1. The molecule has 0 saturated heterocycles. The molecule has 1 N–H and O–H groups in total. The molecule has 150 valence electrons. The highest BCUT2D eigenvalue weighted by Gasteiger charge is 2.21. The molecular formula is C20H14N4O6. The van der Waals surface area contributed by atoms with Gasteiger partial charge < -0.3 is 4.74 Å². The molecule has 10 heteroatoms. The summed E-state index contributed by atoms with van der Waals surface area (Å²) in [4.78, 5) is 32.5. The van der Waals surface area contributed by atoms with E-state index in [2.05, 4.69) is 10.5 Å². The summed E-state index contributed by atoms with van der Waals surface area (Å²) in [5.74, 6) is -0.261. The summed E-state index contributed by atoms with van der Waals surface area (Å²) in [5.41, 5.74) is 2.47. The van der Waals surface area contributed by atoms with Crippen molar-refractivity contribution in [1.82, 2.24) is 5.43 Å². The number of nitrogens with zero attached hydrogens (tertiary/aromatic N) is 3.